The lowest BCUT2D eigenvalue weighted by Gasteiger charge is -2.07. The molecule has 3 N–H and O–H groups in total. The Kier molecular flexibility index (Phi) is 2.74. The molecule has 0 aliphatic carbocycles. The maximum Gasteiger partial charge on any atom is 0.141 e. The summed E-state index contributed by atoms with van der Waals surface area (Å²) in [6.45, 7) is 1.90. The molecule has 82 valence electrons. The van der Waals surface area contributed by atoms with Crippen molar-refractivity contribution in [2.24, 2.45) is 5.73 Å². The van der Waals surface area contributed by atoms with Crippen molar-refractivity contribution in [1.82, 2.24) is 4.98 Å². The smallest absolute Gasteiger partial charge is 0.141 e. The van der Waals surface area contributed by atoms with Gasteiger partial charge in [-0.25, -0.2) is 4.98 Å². The summed E-state index contributed by atoms with van der Waals surface area (Å²) in [6, 6.07) is 5.13. The van der Waals surface area contributed by atoms with Crippen LogP contribution in [0.1, 0.15) is 11.3 Å². The number of hydrogen-bond donors (Lipinski definition) is 2. The van der Waals surface area contributed by atoms with Crippen molar-refractivity contribution in [2.75, 3.05) is 0 Å². The molecular weight excluding hydrogens is 245 g/mol. The zero-order chi connectivity index (χ0) is 11.9. The number of amidine groups is 1. The summed E-state index contributed by atoms with van der Waals surface area (Å²) in [6.07, 6.45) is 0. The van der Waals surface area contributed by atoms with Gasteiger partial charge in [0.1, 0.15) is 11.5 Å². The highest BCUT2D eigenvalue weighted by Crippen LogP contribution is 2.29. The quantitative estimate of drug-likeness (QED) is 0.606. The molecule has 1 heterocycles. The van der Waals surface area contributed by atoms with E-state index >= 15 is 0 Å². The molecule has 0 saturated heterocycles. The molecule has 16 heavy (non-hydrogen) atoms. The summed E-state index contributed by atoms with van der Waals surface area (Å²) in [5, 5.41) is 9.28. The zero-order valence-corrected chi connectivity index (χ0v) is 10.0. The van der Waals surface area contributed by atoms with Crippen molar-refractivity contribution in [2.45, 2.75) is 6.92 Å². The van der Waals surface area contributed by atoms with Gasteiger partial charge in [0.2, 0.25) is 0 Å². The molecule has 3 nitrogen and oxygen atoms in total. The van der Waals surface area contributed by atoms with Crippen LogP contribution in [0.3, 0.4) is 0 Å². The molecule has 0 unspecified atom stereocenters. The first-order chi connectivity index (χ1) is 7.49. The third-order valence-corrected chi connectivity index (χ3v) is 2.81. The van der Waals surface area contributed by atoms with E-state index in [-0.39, 0.29) is 5.84 Å². The van der Waals surface area contributed by atoms with Gasteiger partial charge < -0.3 is 5.73 Å². The van der Waals surface area contributed by atoms with E-state index in [0.717, 1.165) is 10.9 Å². The average molecular weight is 254 g/mol. The van der Waals surface area contributed by atoms with Crippen LogP contribution in [0.25, 0.3) is 10.9 Å². The predicted molar refractivity (Wildman–Crippen MR) is 67.5 cm³/mol. The number of aromatic nitrogens is 1. The lowest BCUT2D eigenvalue weighted by Crippen LogP contribution is -2.13. The Balaban J connectivity index is 2.87. The van der Waals surface area contributed by atoms with Crippen LogP contribution in [0.15, 0.2) is 18.2 Å². The average Bonchev–Trinajstić information content (AvgIpc) is 2.15. The van der Waals surface area contributed by atoms with Crippen molar-refractivity contribution in [1.29, 1.82) is 5.41 Å². The Hall–Kier alpha value is -1.32. The Morgan fingerprint density at radius 1 is 1.31 bits per heavy atom. The minimum absolute atomic E-state index is 0.0684. The summed E-state index contributed by atoms with van der Waals surface area (Å²) in [7, 11) is 0. The topological polar surface area (TPSA) is 62.8 Å². The standard InChI is InChI=1S/C11H9Cl2N3/c1-5-2-9(11(14)15)16-8-4-6(12)3-7(13)10(5)8/h2-4H,1H3,(H3,14,15). The number of fused-ring (bicyclic) bond motifs is 1. The van der Waals surface area contributed by atoms with Gasteiger partial charge in [-0.05, 0) is 30.7 Å². The van der Waals surface area contributed by atoms with Gasteiger partial charge in [0.25, 0.3) is 0 Å². The largest absolute Gasteiger partial charge is 0.382 e. The Morgan fingerprint density at radius 2 is 2.00 bits per heavy atom. The highest BCUT2D eigenvalue weighted by atomic mass is 35.5. The molecule has 0 radical (unpaired) electrons. The van der Waals surface area contributed by atoms with Crippen LogP contribution >= 0.6 is 23.2 Å². The van der Waals surface area contributed by atoms with Crippen molar-refractivity contribution in [3.8, 4) is 0 Å². The number of nitrogens with one attached hydrogen (secondary N) is 1. The molecule has 0 spiro atoms. The lowest BCUT2D eigenvalue weighted by atomic mass is 10.1. The second-order valence-electron chi connectivity index (χ2n) is 3.52. The van der Waals surface area contributed by atoms with Crippen LogP contribution in [0, 0.1) is 12.3 Å². The molecule has 0 saturated carbocycles. The van der Waals surface area contributed by atoms with E-state index < -0.39 is 0 Å². The van der Waals surface area contributed by atoms with E-state index in [1.165, 1.54) is 0 Å². The van der Waals surface area contributed by atoms with Crippen LogP contribution in [-0.2, 0) is 0 Å². The molecule has 0 atom stereocenters. The fourth-order valence-electron chi connectivity index (χ4n) is 1.62. The fraction of sp³-hybridized carbons (Fsp3) is 0.0909. The van der Waals surface area contributed by atoms with Crippen LogP contribution in [0.4, 0.5) is 0 Å². The van der Waals surface area contributed by atoms with Gasteiger partial charge in [-0.15, -0.1) is 0 Å². The summed E-state index contributed by atoms with van der Waals surface area (Å²) in [4.78, 5) is 4.24. The summed E-state index contributed by atoms with van der Waals surface area (Å²) >= 11 is 12.0. The monoisotopic (exact) mass is 253 g/mol. The number of hydrogen-bond acceptors (Lipinski definition) is 2. The molecule has 0 amide bonds. The van der Waals surface area contributed by atoms with Crippen LogP contribution < -0.4 is 5.73 Å². The predicted octanol–water partition coefficient (Wildman–Crippen LogP) is 3.13. The number of nitrogen functional groups attached to an aromatic ring is 1. The molecule has 1 aromatic carbocycles. The van der Waals surface area contributed by atoms with Gasteiger partial charge in [0, 0.05) is 10.4 Å². The SMILES string of the molecule is Cc1cc(C(=N)N)nc2cc(Cl)cc(Cl)c12. The first kappa shape index (κ1) is 11.2. The number of rotatable bonds is 1. The van der Waals surface area contributed by atoms with Crippen molar-refractivity contribution in [3.05, 3.63) is 39.5 Å². The third-order valence-electron chi connectivity index (χ3n) is 2.30. The number of pyridine rings is 1. The number of benzene rings is 1. The molecule has 0 aliphatic rings. The van der Waals surface area contributed by atoms with Crippen molar-refractivity contribution in [3.63, 3.8) is 0 Å². The van der Waals surface area contributed by atoms with Gasteiger partial charge in [-0.1, -0.05) is 23.2 Å². The first-order valence-electron chi connectivity index (χ1n) is 4.60. The highest BCUT2D eigenvalue weighted by molar-refractivity contribution is 6.38. The number of halogens is 2. The molecule has 1 aromatic heterocycles. The zero-order valence-electron chi connectivity index (χ0n) is 8.51. The number of nitrogens with zero attached hydrogens (tertiary/aromatic N) is 1. The lowest BCUT2D eigenvalue weighted by molar-refractivity contribution is 1.28. The minimum atomic E-state index is -0.0684. The van der Waals surface area contributed by atoms with E-state index in [4.69, 9.17) is 34.3 Å². The molecule has 0 bridgehead atoms. The summed E-state index contributed by atoms with van der Waals surface area (Å²) in [5.41, 5.74) is 7.42. The maximum absolute atomic E-state index is 7.36. The van der Waals surface area contributed by atoms with Crippen molar-refractivity contribution >= 4 is 39.9 Å². The minimum Gasteiger partial charge on any atom is -0.382 e. The number of aryl methyl sites for hydroxylation is 1. The summed E-state index contributed by atoms with van der Waals surface area (Å²) in [5.74, 6) is -0.0684. The normalized spacial score (nSPS) is 10.7. The maximum atomic E-state index is 7.36. The second kappa shape index (κ2) is 3.92. The van der Waals surface area contributed by atoms with E-state index in [2.05, 4.69) is 4.98 Å². The Labute approximate surface area is 103 Å². The van der Waals surface area contributed by atoms with Crippen LogP contribution in [-0.4, -0.2) is 10.8 Å². The fourth-order valence-corrected chi connectivity index (χ4v) is 2.25. The van der Waals surface area contributed by atoms with E-state index in [0.29, 0.717) is 21.3 Å². The van der Waals surface area contributed by atoms with Gasteiger partial charge >= 0.3 is 0 Å². The van der Waals surface area contributed by atoms with E-state index in [1.54, 1.807) is 18.2 Å². The first-order valence-corrected chi connectivity index (χ1v) is 5.35. The van der Waals surface area contributed by atoms with Gasteiger partial charge in [-0.2, -0.15) is 0 Å². The van der Waals surface area contributed by atoms with Gasteiger partial charge in [-0.3, -0.25) is 5.41 Å². The van der Waals surface area contributed by atoms with E-state index in [1.807, 2.05) is 6.92 Å². The molecule has 2 rings (SSSR count). The van der Waals surface area contributed by atoms with Crippen LogP contribution in [0.5, 0.6) is 0 Å². The third kappa shape index (κ3) is 1.84. The molecular formula is C11H9Cl2N3. The molecule has 2 aromatic rings. The van der Waals surface area contributed by atoms with E-state index in [9.17, 15) is 0 Å². The Morgan fingerprint density at radius 3 is 2.62 bits per heavy atom. The molecule has 0 fully saturated rings. The molecule has 0 aliphatic heterocycles. The summed E-state index contributed by atoms with van der Waals surface area (Å²) < 4.78 is 0. The van der Waals surface area contributed by atoms with Gasteiger partial charge in [0.05, 0.1) is 10.5 Å². The van der Waals surface area contributed by atoms with Crippen LogP contribution in [0.2, 0.25) is 10.0 Å². The highest BCUT2D eigenvalue weighted by Gasteiger charge is 2.09. The van der Waals surface area contributed by atoms with Gasteiger partial charge in [0.15, 0.2) is 0 Å². The number of nitrogens with two attached hydrogens (primary N) is 1. The van der Waals surface area contributed by atoms with Crippen molar-refractivity contribution < 1.29 is 0 Å². The Bertz CT molecular complexity index is 593. The molecule has 5 heteroatoms. The second-order valence-corrected chi connectivity index (χ2v) is 4.36.